The van der Waals surface area contributed by atoms with Gasteiger partial charge in [0, 0.05) is 6.54 Å². The van der Waals surface area contributed by atoms with E-state index in [0.717, 1.165) is 21.7 Å². The summed E-state index contributed by atoms with van der Waals surface area (Å²) in [7, 11) is -4.02. The third-order valence-electron chi connectivity index (χ3n) is 3.16. The summed E-state index contributed by atoms with van der Waals surface area (Å²) in [6.45, 7) is 3.80. The van der Waals surface area contributed by atoms with Crippen molar-refractivity contribution in [1.82, 2.24) is 5.32 Å². The molecule has 2 aromatic rings. The summed E-state index contributed by atoms with van der Waals surface area (Å²) in [5.41, 5.74) is -0.148. The topological polar surface area (TPSA) is 66.5 Å². The number of carbonyl (C=O) groups excluding carboxylic acids is 1. The van der Waals surface area contributed by atoms with E-state index in [1.54, 1.807) is 11.4 Å². The number of anilines is 1. The number of nitrogens with one attached hydrogen (secondary N) is 1. The van der Waals surface area contributed by atoms with E-state index in [4.69, 9.17) is 0 Å². The lowest BCUT2D eigenvalue weighted by molar-refractivity contribution is -0.119. The van der Waals surface area contributed by atoms with Gasteiger partial charge in [-0.05, 0) is 29.5 Å². The molecule has 24 heavy (non-hydrogen) atoms. The van der Waals surface area contributed by atoms with Gasteiger partial charge in [-0.3, -0.25) is 9.10 Å². The molecule has 2 rings (SSSR count). The molecular weight excluding hydrogens is 351 g/mol. The summed E-state index contributed by atoms with van der Waals surface area (Å²) in [6.07, 6.45) is 0. The van der Waals surface area contributed by atoms with Crippen molar-refractivity contribution in [2.45, 2.75) is 18.1 Å². The van der Waals surface area contributed by atoms with E-state index in [1.165, 1.54) is 24.3 Å². The van der Waals surface area contributed by atoms with Gasteiger partial charge in [0.15, 0.2) is 0 Å². The largest absolute Gasteiger partial charge is 0.354 e. The summed E-state index contributed by atoms with van der Waals surface area (Å²) >= 11 is 1.02. The number of rotatable bonds is 7. The van der Waals surface area contributed by atoms with Gasteiger partial charge >= 0.3 is 0 Å². The molecule has 1 N–H and O–H groups in total. The zero-order chi connectivity index (χ0) is 17.7. The van der Waals surface area contributed by atoms with Crippen molar-refractivity contribution in [3.05, 3.63) is 47.6 Å². The Bertz CT molecular complexity index is 789. The van der Waals surface area contributed by atoms with Crippen molar-refractivity contribution in [2.24, 2.45) is 5.92 Å². The van der Waals surface area contributed by atoms with E-state index >= 15 is 0 Å². The lowest BCUT2D eigenvalue weighted by atomic mass is 10.2. The van der Waals surface area contributed by atoms with Crippen molar-refractivity contribution < 1.29 is 17.6 Å². The molecule has 1 heterocycles. The van der Waals surface area contributed by atoms with Crippen LogP contribution in [0, 0.1) is 11.7 Å². The monoisotopic (exact) mass is 370 g/mol. The van der Waals surface area contributed by atoms with Crippen molar-refractivity contribution in [2.75, 3.05) is 17.4 Å². The van der Waals surface area contributed by atoms with Gasteiger partial charge in [0.2, 0.25) is 5.91 Å². The maximum Gasteiger partial charge on any atom is 0.274 e. The third-order valence-corrected chi connectivity index (χ3v) is 6.29. The Morgan fingerprint density at radius 3 is 2.54 bits per heavy atom. The van der Waals surface area contributed by atoms with Crippen molar-refractivity contribution in [1.29, 1.82) is 0 Å². The van der Waals surface area contributed by atoms with Crippen LogP contribution in [-0.2, 0) is 14.8 Å². The molecule has 0 saturated carbocycles. The minimum absolute atomic E-state index is 0.0578. The van der Waals surface area contributed by atoms with Gasteiger partial charge in [-0.1, -0.05) is 32.0 Å². The smallest absolute Gasteiger partial charge is 0.274 e. The van der Waals surface area contributed by atoms with E-state index < -0.39 is 28.3 Å². The third kappa shape index (κ3) is 4.33. The maximum atomic E-state index is 14.1. The molecule has 0 spiro atoms. The average Bonchev–Trinajstić information content (AvgIpc) is 3.06. The van der Waals surface area contributed by atoms with Crippen LogP contribution in [0.4, 0.5) is 10.1 Å². The Hall–Kier alpha value is -1.93. The highest BCUT2D eigenvalue weighted by Gasteiger charge is 2.29. The Balaban J connectivity index is 2.36. The maximum absolute atomic E-state index is 14.1. The lowest BCUT2D eigenvalue weighted by Gasteiger charge is -2.23. The molecule has 1 aromatic heterocycles. The molecule has 8 heteroatoms. The fraction of sp³-hybridized carbons (Fsp3) is 0.312. The van der Waals surface area contributed by atoms with Crippen LogP contribution in [0.25, 0.3) is 0 Å². The lowest BCUT2D eigenvalue weighted by Crippen LogP contribution is -2.42. The van der Waals surface area contributed by atoms with E-state index in [1.807, 2.05) is 13.8 Å². The predicted octanol–water partition coefficient (Wildman–Crippen LogP) is 2.85. The van der Waals surface area contributed by atoms with Crippen molar-refractivity contribution in [3.63, 3.8) is 0 Å². The zero-order valence-electron chi connectivity index (χ0n) is 13.4. The van der Waals surface area contributed by atoms with E-state index in [-0.39, 0.29) is 15.8 Å². The van der Waals surface area contributed by atoms with E-state index in [0.29, 0.717) is 6.54 Å². The number of sulfonamides is 1. The first-order valence-electron chi connectivity index (χ1n) is 7.40. The van der Waals surface area contributed by atoms with Crippen LogP contribution in [0.5, 0.6) is 0 Å². The molecule has 0 aliphatic heterocycles. The summed E-state index contributed by atoms with van der Waals surface area (Å²) in [6, 6.07) is 8.53. The van der Waals surface area contributed by atoms with Gasteiger partial charge in [-0.2, -0.15) is 0 Å². The number of halogens is 1. The highest BCUT2D eigenvalue weighted by atomic mass is 32.2. The number of benzene rings is 1. The van der Waals surface area contributed by atoms with Crippen LogP contribution < -0.4 is 9.62 Å². The number of hydrogen-bond acceptors (Lipinski definition) is 4. The molecule has 0 radical (unpaired) electrons. The van der Waals surface area contributed by atoms with Crippen molar-refractivity contribution >= 4 is 33.0 Å². The molecule has 0 aliphatic carbocycles. The molecule has 0 aliphatic rings. The molecule has 0 unspecified atom stereocenters. The summed E-state index contributed by atoms with van der Waals surface area (Å²) in [5, 5.41) is 4.27. The normalized spacial score (nSPS) is 11.5. The van der Waals surface area contributed by atoms with Crippen LogP contribution in [0.3, 0.4) is 0 Å². The molecule has 0 saturated heterocycles. The van der Waals surface area contributed by atoms with E-state index in [9.17, 15) is 17.6 Å². The minimum Gasteiger partial charge on any atom is -0.354 e. The number of amides is 1. The van der Waals surface area contributed by atoms with Gasteiger partial charge in [0.1, 0.15) is 16.6 Å². The zero-order valence-corrected chi connectivity index (χ0v) is 15.0. The molecule has 1 aromatic carbocycles. The SMILES string of the molecule is CC(C)CNC(=O)CN(c1ccccc1F)S(=O)(=O)c1cccs1. The molecule has 130 valence electrons. The Kier molecular flexibility index (Phi) is 5.95. The van der Waals surface area contributed by atoms with Gasteiger partial charge < -0.3 is 5.32 Å². The van der Waals surface area contributed by atoms with Gasteiger partial charge in [-0.25, -0.2) is 12.8 Å². The molecule has 0 bridgehead atoms. The highest BCUT2D eigenvalue weighted by Crippen LogP contribution is 2.28. The number of hydrogen-bond donors (Lipinski definition) is 1. The second-order valence-electron chi connectivity index (χ2n) is 5.59. The predicted molar refractivity (Wildman–Crippen MR) is 93.1 cm³/mol. The number of thiophene rings is 1. The van der Waals surface area contributed by atoms with Crippen LogP contribution in [-0.4, -0.2) is 27.4 Å². The molecule has 5 nitrogen and oxygen atoms in total. The molecule has 1 amide bonds. The van der Waals surface area contributed by atoms with Gasteiger partial charge in [0.05, 0.1) is 5.69 Å². The van der Waals surface area contributed by atoms with Crippen LogP contribution in [0.1, 0.15) is 13.8 Å². The average molecular weight is 370 g/mol. The van der Waals surface area contributed by atoms with Gasteiger partial charge in [0.25, 0.3) is 10.0 Å². The molecule has 0 atom stereocenters. The first kappa shape index (κ1) is 18.4. The number of nitrogens with zero attached hydrogens (tertiary/aromatic N) is 1. The van der Waals surface area contributed by atoms with Gasteiger partial charge in [-0.15, -0.1) is 11.3 Å². The van der Waals surface area contributed by atoms with Crippen LogP contribution >= 0.6 is 11.3 Å². The standard InChI is InChI=1S/C16H19FN2O3S2/c1-12(2)10-18-15(20)11-19(14-7-4-3-6-13(14)17)24(21,22)16-8-5-9-23-16/h3-9,12H,10-11H2,1-2H3,(H,18,20). The second kappa shape index (κ2) is 7.76. The molecular formula is C16H19FN2O3S2. The summed E-state index contributed by atoms with van der Waals surface area (Å²) in [4.78, 5) is 12.1. The Morgan fingerprint density at radius 1 is 1.25 bits per heavy atom. The van der Waals surface area contributed by atoms with E-state index in [2.05, 4.69) is 5.32 Å². The quantitative estimate of drug-likeness (QED) is 0.815. The number of para-hydroxylation sites is 1. The first-order chi connectivity index (χ1) is 11.3. The Morgan fingerprint density at radius 2 is 1.96 bits per heavy atom. The Labute approximate surface area is 145 Å². The fourth-order valence-corrected chi connectivity index (χ4v) is 4.51. The summed E-state index contributed by atoms with van der Waals surface area (Å²) in [5.74, 6) is -0.953. The van der Waals surface area contributed by atoms with Crippen LogP contribution in [0.2, 0.25) is 0 Å². The number of carbonyl (C=O) groups is 1. The van der Waals surface area contributed by atoms with Crippen LogP contribution in [0.15, 0.2) is 46.0 Å². The summed E-state index contributed by atoms with van der Waals surface area (Å²) < 4.78 is 40.6. The highest BCUT2D eigenvalue weighted by molar-refractivity contribution is 7.94. The minimum atomic E-state index is -4.02. The van der Waals surface area contributed by atoms with Crippen molar-refractivity contribution in [3.8, 4) is 0 Å². The second-order valence-corrected chi connectivity index (χ2v) is 8.63. The molecule has 0 fully saturated rings. The fourth-order valence-electron chi connectivity index (χ4n) is 1.98. The first-order valence-corrected chi connectivity index (χ1v) is 9.72.